The quantitative estimate of drug-likeness (QED) is 0.248. The molecule has 36 heavy (non-hydrogen) atoms. The maximum Gasteiger partial charge on any atom is 0.345 e. The van der Waals surface area contributed by atoms with E-state index in [1.807, 2.05) is 4.72 Å². The SMILES string of the molecule is COC(=O)c1c(O)cccc1OCCCCNC(=O)CCc1ccc(N2CC(=O)NS2(=O)=O)c(O)c1. The lowest BCUT2D eigenvalue weighted by molar-refractivity contribution is -0.121. The minimum absolute atomic E-state index is 0.0202. The number of carbonyl (C=O) groups is 3. The van der Waals surface area contributed by atoms with Crippen molar-refractivity contribution in [3.63, 3.8) is 0 Å². The Hall–Kier alpha value is -4.00. The molecule has 0 saturated carbocycles. The van der Waals surface area contributed by atoms with Crippen LogP contribution in [0, 0.1) is 0 Å². The van der Waals surface area contributed by atoms with E-state index in [-0.39, 0.29) is 47.4 Å². The number of hydrogen-bond donors (Lipinski definition) is 4. The summed E-state index contributed by atoms with van der Waals surface area (Å²) in [5, 5.41) is 22.9. The molecular weight excluding hydrogens is 494 g/mol. The molecule has 2 amide bonds. The number of esters is 1. The number of benzene rings is 2. The van der Waals surface area contributed by atoms with Gasteiger partial charge < -0.3 is 25.0 Å². The number of phenols is 2. The van der Waals surface area contributed by atoms with Gasteiger partial charge in [0.15, 0.2) is 0 Å². The maximum absolute atomic E-state index is 12.1. The molecule has 1 aliphatic rings. The number of methoxy groups -OCH3 is 1. The lowest BCUT2D eigenvalue weighted by atomic mass is 10.1. The van der Waals surface area contributed by atoms with Crippen molar-refractivity contribution in [2.45, 2.75) is 25.7 Å². The molecule has 0 bridgehead atoms. The lowest BCUT2D eigenvalue weighted by Gasteiger charge is -2.16. The van der Waals surface area contributed by atoms with E-state index in [0.29, 0.717) is 31.4 Å². The summed E-state index contributed by atoms with van der Waals surface area (Å²) in [6.07, 6.45) is 1.68. The molecule has 0 aliphatic carbocycles. The van der Waals surface area contributed by atoms with Crippen molar-refractivity contribution in [1.82, 2.24) is 10.0 Å². The zero-order chi connectivity index (χ0) is 26.3. The van der Waals surface area contributed by atoms with Crippen molar-refractivity contribution in [2.24, 2.45) is 0 Å². The van der Waals surface area contributed by atoms with E-state index in [9.17, 15) is 33.0 Å². The van der Waals surface area contributed by atoms with E-state index >= 15 is 0 Å². The molecule has 194 valence electrons. The summed E-state index contributed by atoms with van der Waals surface area (Å²) in [5.74, 6) is -1.92. The first-order valence-electron chi connectivity index (χ1n) is 11.1. The predicted molar refractivity (Wildman–Crippen MR) is 128 cm³/mol. The van der Waals surface area contributed by atoms with Crippen LogP contribution in [0.2, 0.25) is 0 Å². The van der Waals surface area contributed by atoms with Gasteiger partial charge in [0.1, 0.15) is 29.4 Å². The van der Waals surface area contributed by atoms with Gasteiger partial charge in [-0.3, -0.25) is 9.59 Å². The smallest absolute Gasteiger partial charge is 0.345 e. The number of hydrogen-bond acceptors (Lipinski definition) is 9. The maximum atomic E-state index is 12.1. The fourth-order valence-corrected chi connectivity index (χ4v) is 4.69. The van der Waals surface area contributed by atoms with E-state index in [0.717, 1.165) is 4.31 Å². The van der Waals surface area contributed by atoms with Gasteiger partial charge in [0, 0.05) is 13.0 Å². The second kappa shape index (κ2) is 11.6. The molecular formula is C23H27N3O9S. The molecule has 13 heteroatoms. The molecule has 1 saturated heterocycles. The molecule has 1 fully saturated rings. The van der Waals surface area contributed by atoms with Gasteiger partial charge in [0.05, 0.1) is 19.4 Å². The summed E-state index contributed by atoms with van der Waals surface area (Å²) in [7, 11) is -2.81. The number of amides is 2. The van der Waals surface area contributed by atoms with Gasteiger partial charge in [-0.25, -0.2) is 13.8 Å². The van der Waals surface area contributed by atoms with Crippen LogP contribution < -0.4 is 19.1 Å². The molecule has 2 aromatic rings. The molecule has 0 aromatic heterocycles. The van der Waals surface area contributed by atoms with Crippen molar-refractivity contribution in [2.75, 3.05) is 31.1 Å². The largest absolute Gasteiger partial charge is 0.507 e. The Kier molecular flexibility index (Phi) is 8.59. The van der Waals surface area contributed by atoms with Gasteiger partial charge in [-0.15, -0.1) is 0 Å². The number of aryl methyl sites for hydroxylation is 1. The molecule has 2 aromatic carbocycles. The van der Waals surface area contributed by atoms with Crippen LogP contribution >= 0.6 is 0 Å². The summed E-state index contributed by atoms with van der Waals surface area (Å²) in [5.41, 5.74) is 0.566. The molecule has 1 heterocycles. The minimum Gasteiger partial charge on any atom is -0.507 e. The van der Waals surface area contributed by atoms with Crippen molar-refractivity contribution in [3.05, 3.63) is 47.5 Å². The minimum atomic E-state index is -4.02. The van der Waals surface area contributed by atoms with E-state index in [1.165, 1.54) is 25.3 Å². The number of rotatable bonds is 11. The molecule has 0 unspecified atom stereocenters. The molecule has 0 spiro atoms. The second-order valence-electron chi connectivity index (χ2n) is 7.91. The fourth-order valence-electron chi connectivity index (χ4n) is 3.53. The van der Waals surface area contributed by atoms with E-state index < -0.39 is 28.6 Å². The average Bonchev–Trinajstić information content (AvgIpc) is 3.11. The van der Waals surface area contributed by atoms with Crippen LogP contribution in [-0.4, -0.2) is 63.2 Å². The number of aromatic hydroxyl groups is 2. The van der Waals surface area contributed by atoms with Crippen LogP contribution in [-0.2, 0) is 31.0 Å². The highest BCUT2D eigenvalue weighted by molar-refractivity contribution is 7.92. The number of nitrogens with zero attached hydrogens (tertiary/aromatic N) is 1. The molecule has 4 N–H and O–H groups in total. The Morgan fingerprint density at radius 1 is 1.14 bits per heavy atom. The topological polar surface area (TPSA) is 172 Å². The Labute approximate surface area is 208 Å². The van der Waals surface area contributed by atoms with Crippen molar-refractivity contribution >= 4 is 33.7 Å². The van der Waals surface area contributed by atoms with Crippen LogP contribution in [0.5, 0.6) is 17.2 Å². The Morgan fingerprint density at radius 2 is 1.92 bits per heavy atom. The highest BCUT2D eigenvalue weighted by atomic mass is 32.2. The summed E-state index contributed by atoms with van der Waals surface area (Å²) in [6.45, 7) is 0.260. The zero-order valence-electron chi connectivity index (χ0n) is 19.5. The van der Waals surface area contributed by atoms with E-state index in [4.69, 9.17) is 4.74 Å². The van der Waals surface area contributed by atoms with Crippen LogP contribution in [0.3, 0.4) is 0 Å². The monoisotopic (exact) mass is 521 g/mol. The van der Waals surface area contributed by atoms with Gasteiger partial charge in [-0.2, -0.15) is 8.42 Å². The Bertz CT molecular complexity index is 1250. The molecule has 0 atom stereocenters. The molecule has 12 nitrogen and oxygen atoms in total. The fraction of sp³-hybridized carbons (Fsp3) is 0.348. The first kappa shape index (κ1) is 26.6. The number of ether oxygens (including phenoxy) is 2. The molecule has 3 rings (SSSR count). The number of anilines is 1. The third-order valence-electron chi connectivity index (χ3n) is 5.31. The number of carbonyl (C=O) groups excluding carboxylic acids is 3. The van der Waals surface area contributed by atoms with E-state index in [1.54, 1.807) is 18.2 Å². The normalized spacial score (nSPS) is 14.2. The van der Waals surface area contributed by atoms with Crippen molar-refractivity contribution < 1.29 is 42.5 Å². The van der Waals surface area contributed by atoms with Gasteiger partial charge in [0.2, 0.25) is 5.91 Å². The lowest BCUT2D eigenvalue weighted by Crippen LogP contribution is -2.29. The van der Waals surface area contributed by atoms with Crippen molar-refractivity contribution in [3.8, 4) is 17.2 Å². The predicted octanol–water partition coefficient (Wildman–Crippen LogP) is 0.973. The molecule has 1 aliphatic heterocycles. The Morgan fingerprint density at radius 3 is 2.58 bits per heavy atom. The zero-order valence-corrected chi connectivity index (χ0v) is 20.3. The van der Waals surface area contributed by atoms with Gasteiger partial charge in [-0.1, -0.05) is 12.1 Å². The van der Waals surface area contributed by atoms with Gasteiger partial charge >= 0.3 is 16.2 Å². The van der Waals surface area contributed by atoms with Crippen LogP contribution in [0.4, 0.5) is 5.69 Å². The Balaban J connectivity index is 1.39. The standard InChI is InChI=1S/C23H27N3O9S/c1-34-23(31)22-17(27)5-4-6-19(22)35-12-3-2-11-24-20(29)10-8-15-7-9-16(18(28)13-15)26-14-21(30)25-36(26,32)33/h4-7,9,13,27-28H,2-3,8,10-12,14H2,1H3,(H,24,29)(H,25,30). The number of unbranched alkanes of at least 4 members (excludes halogenated alkanes) is 1. The summed E-state index contributed by atoms with van der Waals surface area (Å²) >= 11 is 0. The first-order valence-corrected chi connectivity index (χ1v) is 12.5. The van der Waals surface area contributed by atoms with Gasteiger partial charge in [-0.05, 0) is 49.1 Å². The third-order valence-corrected chi connectivity index (χ3v) is 6.71. The van der Waals surface area contributed by atoms with E-state index in [2.05, 4.69) is 10.1 Å². The highest BCUT2D eigenvalue weighted by Crippen LogP contribution is 2.31. The van der Waals surface area contributed by atoms with Crippen LogP contribution in [0.1, 0.15) is 35.2 Å². The molecule has 0 radical (unpaired) electrons. The van der Waals surface area contributed by atoms with Crippen LogP contribution in [0.15, 0.2) is 36.4 Å². The van der Waals surface area contributed by atoms with Gasteiger partial charge in [0.25, 0.3) is 5.91 Å². The third kappa shape index (κ3) is 6.56. The summed E-state index contributed by atoms with van der Waals surface area (Å²) < 4.78 is 36.7. The average molecular weight is 522 g/mol. The van der Waals surface area contributed by atoms with Crippen LogP contribution in [0.25, 0.3) is 0 Å². The second-order valence-corrected chi connectivity index (χ2v) is 9.50. The number of nitrogens with one attached hydrogen (secondary N) is 2. The highest BCUT2D eigenvalue weighted by Gasteiger charge is 2.35. The number of phenolic OH excluding ortho intramolecular Hbond substituents is 2. The summed E-state index contributed by atoms with van der Waals surface area (Å²) in [6, 6.07) is 8.81. The summed E-state index contributed by atoms with van der Waals surface area (Å²) in [4.78, 5) is 35.3. The van der Waals surface area contributed by atoms with Crippen molar-refractivity contribution in [1.29, 1.82) is 0 Å². The first-order chi connectivity index (χ1) is 17.1.